The van der Waals surface area contributed by atoms with Crippen LogP contribution in [0.5, 0.6) is 5.75 Å². The number of carbonyl (C=O) groups excluding carboxylic acids is 1. The van der Waals surface area contributed by atoms with Crippen molar-refractivity contribution < 1.29 is 9.53 Å². The van der Waals surface area contributed by atoms with Crippen LogP contribution < -0.4 is 15.2 Å². The van der Waals surface area contributed by atoms with Crippen molar-refractivity contribution in [2.24, 2.45) is 0 Å². The van der Waals surface area contributed by atoms with E-state index in [0.29, 0.717) is 10.9 Å². The lowest BCUT2D eigenvalue weighted by Gasteiger charge is -2.41. The number of benzene rings is 2. The predicted octanol–water partition coefficient (Wildman–Crippen LogP) is 4.77. The number of hydrogen-bond donors (Lipinski definition) is 1. The topological polar surface area (TPSA) is 75.3 Å². The van der Waals surface area contributed by atoms with Crippen LogP contribution in [0.3, 0.4) is 0 Å². The minimum atomic E-state index is -0.490. The molecule has 4 rings (SSSR count). The smallest absolute Gasteiger partial charge is 0.252 e. The number of anilines is 1. The van der Waals surface area contributed by atoms with Crippen LogP contribution in [-0.4, -0.2) is 34.3 Å². The van der Waals surface area contributed by atoms with Crippen LogP contribution in [0, 0.1) is 0 Å². The Bertz CT molecular complexity index is 1250. The van der Waals surface area contributed by atoms with Crippen molar-refractivity contribution >= 4 is 28.9 Å². The molecule has 0 spiro atoms. The number of amides is 1. The van der Waals surface area contributed by atoms with Gasteiger partial charge < -0.3 is 14.6 Å². The van der Waals surface area contributed by atoms with Gasteiger partial charge in [0, 0.05) is 17.2 Å². The molecule has 1 aliphatic rings. The Kier molecular flexibility index (Phi) is 5.93. The fourth-order valence-electron chi connectivity index (χ4n) is 4.05. The molecule has 2 aromatic carbocycles. The van der Waals surface area contributed by atoms with Crippen LogP contribution in [0.4, 0.5) is 5.69 Å². The molecule has 0 bridgehead atoms. The van der Waals surface area contributed by atoms with E-state index in [1.165, 1.54) is 17.8 Å². The molecule has 0 atom stereocenters. The normalized spacial score (nSPS) is 14.5. The molecule has 32 heavy (non-hydrogen) atoms. The predicted molar refractivity (Wildman–Crippen MR) is 129 cm³/mol. The fourth-order valence-corrected chi connectivity index (χ4v) is 4.77. The van der Waals surface area contributed by atoms with Crippen molar-refractivity contribution in [3.8, 4) is 17.0 Å². The van der Waals surface area contributed by atoms with Crippen molar-refractivity contribution in [3.63, 3.8) is 0 Å². The Morgan fingerprint density at radius 2 is 1.91 bits per heavy atom. The van der Waals surface area contributed by atoms with E-state index in [9.17, 15) is 9.59 Å². The number of ether oxygens (including phenoxy) is 1. The fraction of sp³-hybridized carbons (Fsp3) is 0.240. The van der Waals surface area contributed by atoms with Gasteiger partial charge in [-0.25, -0.2) is 4.98 Å². The van der Waals surface area contributed by atoms with Gasteiger partial charge in [-0.05, 0) is 44.5 Å². The van der Waals surface area contributed by atoms with E-state index in [1.54, 1.807) is 12.0 Å². The third-order valence-corrected chi connectivity index (χ3v) is 6.24. The summed E-state index contributed by atoms with van der Waals surface area (Å²) in [5, 5.41) is 0.418. The largest absolute Gasteiger partial charge is 0.497 e. The molecule has 6 nitrogen and oxygen atoms in total. The average molecular weight is 448 g/mol. The standard InChI is InChI=1S/C25H25N3O3S/c1-16-14-25(2,3)28(21-11-10-18(31-4)12-19(16)21)23(30)15-32-24-26-20(13-22(29)27-24)17-8-6-5-7-9-17/h5-14H,15H2,1-4H3,(H,26,27,29). The zero-order valence-corrected chi connectivity index (χ0v) is 19.3. The number of fused-ring (bicyclic) bond motifs is 1. The van der Waals surface area contributed by atoms with E-state index in [0.717, 1.165) is 28.1 Å². The third-order valence-electron chi connectivity index (χ3n) is 5.39. The van der Waals surface area contributed by atoms with E-state index in [4.69, 9.17) is 4.74 Å². The van der Waals surface area contributed by atoms with E-state index >= 15 is 0 Å². The lowest BCUT2D eigenvalue weighted by Crippen LogP contribution is -2.49. The van der Waals surface area contributed by atoms with Gasteiger partial charge in [0.2, 0.25) is 5.91 Å². The molecular formula is C25H25N3O3S. The summed E-state index contributed by atoms with van der Waals surface area (Å²) in [6.45, 7) is 6.07. The second-order valence-corrected chi connectivity index (χ2v) is 9.15. The summed E-state index contributed by atoms with van der Waals surface area (Å²) in [7, 11) is 1.63. The SMILES string of the molecule is COc1ccc2c(c1)C(C)=CC(C)(C)N2C(=O)CSc1nc(-c2ccccc2)cc(=O)[nH]1. The zero-order chi connectivity index (χ0) is 22.9. The number of allylic oxidation sites excluding steroid dienone is 1. The van der Waals surface area contributed by atoms with E-state index in [1.807, 2.05) is 69.3 Å². The zero-order valence-electron chi connectivity index (χ0n) is 18.5. The number of hydrogen-bond acceptors (Lipinski definition) is 5. The quantitative estimate of drug-likeness (QED) is 0.451. The average Bonchev–Trinajstić information content (AvgIpc) is 2.77. The highest BCUT2D eigenvalue weighted by Crippen LogP contribution is 2.41. The number of rotatable bonds is 5. The van der Waals surface area contributed by atoms with Crippen molar-refractivity contribution in [1.82, 2.24) is 9.97 Å². The van der Waals surface area contributed by atoms with Crippen LogP contribution in [0.15, 0.2) is 70.6 Å². The van der Waals surface area contributed by atoms with E-state index in [-0.39, 0.29) is 17.2 Å². The van der Waals surface area contributed by atoms with Gasteiger partial charge in [-0.1, -0.05) is 48.2 Å². The molecule has 0 aliphatic carbocycles. The summed E-state index contributed by atoms with van der Waals surface area (Å²) >= 11 is 1.23. The van der Waals surface area contributed by atoms with Crippen molar-refractivity contribution in [2.75, 3.05) is 17.8 Å². The van der Waals surface area contributed by atoms with Crippen LogP contribution in [0.1, 0.15) is 26.3 Å². The molecule has 2 heterocycles. The van der Waals surface area contributed by atoms with Gasteiger partial charge in [-0.15, -0.1) is 0 Å². The Hall–Kier alpha value is -3.32. The van der Waals surface area contributed by atoms with Gasteiger partial charge in [0.1, 0.15) is 5.75 Å². The first-order valence-corrected chi connectivity index (χ1v) is 11.3. The summed E-state index contributed by atoms with van der Waals surface area (Å²) in [5.74, 6) is 0.823. The minimum absolute atomic E-state index is 0.0667. The summed E-state index contributed by atoms with van der Waals surface area (Å²) < 4.78 is 5.36. The third kappa shape index (κ3) is 4.34. The second kappa shape index (κ2) is 8.67. The number of carbonyl (C=O) groups is 1. The van der Waals surface area contributed by atoms with E-state index < -0.39 is 5.54 Å². The molecule has 7 heteroatoms. The summed E-state index contributed by atoms with van der Waals surface area (Å²) in [4.78, 5) is 34.6. The molecule has 164 valence electrons. The monoisotopic (exact) mass is 447 g/mol. The maximum atomic E-state index is 13.4. The molecule has 0 saturated carbocycles. The van der Waals surface area contributed by atoms with Crippen LogP contribution in [0.25, 0.3) is 16.8 Å². The minimum Gasteiger partial charge on any atom is -0.497 e. The van der Waals surface area contributed by atoms with Crippen molar-refractivity contribution in [2.45, 2.75) is 31.5 Å². The van der Waals surface area contributed by atoms with Gasteiger partial charge in [-0.2, -0.15) is 0 Å². The van der Waals surface area contributed by atoms with Gasteiger partial charge in [0.15, 0.2) is 5.16 Å². The number of methoxy groups -OCH3 is 1. The van der Waals surface area contributed by atoms with Gasteiger partial charge >= 0.3 is 0 Å². The summed E-state index contributed by atoms with van der Waals surface area (Å²) in [6, 6.07) is 16.7. The van der Waals surface area contributed by atoms with Gasteiger partial charge in [0.25, 0.3) is 5.56 Å². The molecule has 0 radical (unpaired) electrons. The number of nitrogens with one attached hydrogen (secondary N) is 1. The lowest BCUT2D eigenvalue weighted by molar-refractivity contribution is -0.116. The molecule has 0 saturated heterocycles. The molecule has 1 aromatic heterocycles. The van der Waals surface area contributed by atoms with Crippen LogP contribution in [-0.2, 0) is 4.79 Å². The lowest BCUT2D eigenvalue weighted by atomic mass is 9.88. The maximum absolute atomic E-state index is 13.4. The molecular weight excluding hydrogens is 422 g/mol. The molecule has 1 aliphatic heterocycles. The molecule has 1 amide bonds. The van der Waals surface area contributed by atoms with Crippen LogP contribution in [0.2, 0.25) is 0 Å². The molecule has 3 aromatic rings. The van der Waals surface area contributed by atoms with Crippen molar-refractivity contribution in [1.29, 1.82) is 0 Å². The number of nitrogens with zero attached hydrogens (tertiary/aromatic N) is 2. The Morgan fingerprint density at radius 3 is 2.62 bits per heavy atom. The molecule has 1 N–H and O–H groups in total. The number of thioether (sulfide) groups is 1. The Morgan fingerprint density at radius 1 is 1.16 bits per heavy atom. The highest BCUT2D eigenvalue weighted by atomic mass is 32.2. The number of H-pyrrole nitrogens is 1. The first kappa shape index (κ1) is 21.9. The van der Waals surface area contributed by atoms with Crippen molar-refractivity contribution in [3.05, 3.63) is 76.6 Å². The Balaban J connectivity index is 1.60. The second-order valence-electron chi connectivity index (χ2n) is 8.18. The van der Waals surface area contributed by atoms with E-state index in [2.05, 4.69) is 16.0 Å². The molecule has 0 fully saturated rings. The van der Waals surface area contributed by atoms with Crippen LogP contribution >= 0.6 is 11.8 Å². The number of aromatic amines is 1. The maximum Gasteiger partial charge on any atom is 0.252 e. The van der Waals surface area contributed by atoms with Gasteiger partial charge in [-0.3, -0.25) is 9.59 Å². The summed E-state index contributed by atoms with van der Waals surface area (Å²) in [5.41, 5.74) is 3.62. The summed E-state index contributed by atoms with van der Waals surface area (Å²) in [6.07, 6.45) is 2.09. The van der Waals surface area contributed by atoms with Gasteiger partial charge in [0.05, 0.1) is 29.8 Å². The first-order chi connectivity index (χ1) is 15.3. The number of aromatic nitrogens is 2. The highest BCUT2D eigenvalue weighted by molar-refractivity contribution is 7.99. The first-order valence-electron chi connectivity index (χ1n) is 10.3. The Labute approximate surface area is 191 Å². The molecule has 0 unspecified atom stereocenters. The highest BCUT2D eigenvalue weighted by Gasteiger charge is 2.35.